The van der Waals surface area contributed by atoms with E-state index in [1.165, 1.54) is 11.6 Å². The summed E-state index contributed by atoms with van der Waals surface area (Å²) in [5.41, 5.74) is 1.80. The van der Waals surface area contributed by atoms with Gasteiger partial charge in [0.05, 0.1) is 24.0 Å². The monoisotopic (exact) mass is 383 g/mol. The topological polar surface area (TPSA) is 106 Å². The van der Waals surface area contributed by atoms with Crippen molar-refractivity contribution in [1.29, 1.82) is 0 Å². The zero-order valence-corrected chi connectivity index (χ0v) is 16.3. The molecule has 0 fully saturated rings. The number of nitrogens with one attached hydrogen (secondary N) is 2. The molecule has 2 unspecified atom stereocenters. The van der Waals surface area contributed by atoms with E-state index in [0.29, 0.717) is 17.0 Å². The van der Waals surface area contributed by atoms with E-state index in [2.05, 4.69) is 55.9 Å². The number of nitrogens with zero attached hydrogens (tertiary/aromatic N) is 3. The summed E-state index contributed by atoms with van der Waals surface area (Å²) in [6.45, 7) is 10.7. The molecule has 0 bridgehead atoms. The van der Waals surface area contributed by atoms with Crippen molar-refractivity contribution in [2.45, 2.75) is 32.9 Å². The molecule has 0 aliphatic heterocycles. The van der Waals surface area contributed by atoms with Crippen LogP contribution in [-0.2, 0) is 27.3 Å². The van der Waals surface area contributed by atoms with Crippen LogP contribution in [0.1, 0.15) is 18.3 Å². The van der Waals surface area contributed by atoms with E-state index in [4.69, 9.17) is 0 Å². The minimum atomic E-state index is -0.665. The Morgan fingerprint density at radius 3 is 2.44 bits per heavy atom. The first kappa shape index (κ1) is 21.1. The fourth-order valence-corrected chi connectivity index (χ4v) is 2.49. The molecule has 0 aliphatic carbocycles. The molecule has 1 aromatic rings. The predicted molar refractivity (Wildman–Crippen MR) is 101 cm³/mol. The van der Waals surface area contributed by atoms with Crippen molar-refractivity contribution in [3.8, 4) is 0 Å². The van der Waals surface area contributed by atoms with Crippen LogP contribution >= 0.6 is 22.0 Å². The highest BCUT2D eigenvalue weighted by atomic mass is 32.1. The van der Waals surface area contributed by atoms with Crippen molar-refractivity contribution >= 4 is 39.6 Å². The molecular weight excluding hydrogens is 361 g/mol. The van der Waals surface area contributed by atoms with Crippen molar-refractivity contribution in [3.63, 3.8) is 0 Å². The number of rotatable bonds is 9. The van der Waals surface area contributed by atoms with Crippen LogP contribution in [0.3, 0.4) is 0 Å². The van der Waals surface area contributed by atoms with Crippen LogP contribution in [-0.4, -0.2) is 44.4 Å². The van der Waals surface area contributed by atoms with Crippen LogP contribution in [0.2, 0.25) is 0 Å². The lowest BCUT2D eigenvalue weighted by atomic mass is 10.1. The van der Waals surface area contributed by atoms with Crippen LogP contribution in [0.15, 0.2) is 24.3 Å². The van der Waals surface area contributed by atoms with E-state index in [0.717, 1.165) is 0 Å². The predicted octanol–water partition coefficient (Wildman–Crippen LogP) is 0.151. The van der Waals surface area contributed by atoms with E-state index in [1.54, 1.807) is 6.92 Å². The number of carbonyl (C=O) groups is 3. The van der Waals surface area contributed by atoms with Gasteiger partial charge in [-0.05, 0) is 23.2 Å². The van der Waals surface area contributed by atoms with Gasteiger partial charge in [-0.1, -0.05) is 18.4 Å². The number of aromatic nitrogens is 3. The summed E-state index contributed by atoms with van der Waals surface area (Å²) < 4.78 is 1.50. The quantitative estimate of drug-likeness (QED) is 0.320. The molecule has 0 spiro atoms. The molecule has 1 rings (SSSR count). The molecule has 2 N–H and O–H groups in total. The van der Waals surface area contributed by atoms with Crippen LogP contribution in [0.5, 0.6) is 0 Å². The first-order valence-corrected chi connectivity index (χ1v) is 8.59. The van der Waals surface area contributed by atoms with Gasteiger partial charge in [-0.15, -0.1) is 5.10 Å². The molecule has 0 aromatic carbocycles. The summed E-state index contributed by atoms with van der Waals surface area (Å²) in [7, 11) is 2.11. The number of Topliss-reactive ketones (excluding diaryl/α,β-unsaturated/α-hetero) is 1. The number of amides is 2. The number of ketones is 1. The van der Waals surface area contributed by atoms with Crippen molar-refractivity contribution < 1.29 is 14.4 Å². The van der Waals surface area contributed by atoms with Crippen molar-refractivity contribution in [2.24, 2.45) is 0 Å². The Hall–Kier alpha value is -1.99. The van der Waals surface area contributed by atoms with Gasteiger partial charge in [0.2, 0.25) is 5.91 Å². The van der Waals surface area contributed by atoms with Gasteiger partial charge in [-0.2, -0.15) is 12.6 Å². The van der Waals surface area contributed by atoms with Gasteiger partial charge in [0.1, 0.15) is 0 Å². The summed E-state index contributed by atoms with van der Waals surface area (Å²) >= 11 is 4.05. The largest absolute Gasteiger partial charge is 0.342 e. The van der Waals surface area contributed by atoms with E-state index >= 15 is 0 Å². The lowest BCUT2D eigenvalue weighted by Gasteiger charge is -2.15. The Bertz CT molecular complexity index is 716. The number of hydrogen-bond donors (Lipinski definition) is 3. The van der Waals surface area contributed by atoms with Gasteiger partial charge in [0.25, 0.3) is 5.91 Å². The third-order valence-corrected chi connectivity index (χ3v) is 4.13. The zero-order valence-electron chi connectivity index (χ0n) is 14.2. The second-order valence-electron chi connectivity index (χ2n) is 5.46. The Morgan fingerprint density at radius 1 is 1.28 bits per heavy atom. The molecule has 8 nitrogen and oxygen atoms in total. The summed E-state index contributed by atoms with van der Waals surface area (Å²) in [4.78, 5) is 35.2. The second kappa shape index (κ2) is 9.48. The fourth-order valence-electron chi connectivity index (χ4n) is 1.94. The molecule has 0 saturated heterocycles. The smallest absolute Gasteiger partial charge is 0.251 e. The molecule has 1 heterocycles. The van der Waals surface area contributed by atoms with Gasteiger partial charge in [0, 0.05) is 23.3 Å². The van der Waals surface area contributed by atoms with E-state index in [9.17, 15) is 14.4 Å². The highest BCUT2D eigenvalue weighted by Gasteiger charge is 2.20. The van der Waals surface area contributed by atoms with Gasteiger partial charge >= 0.3 is 0 Å². The van der Waals surface area contributed by atoms with Crippen LogP contribution < -0.4 is 10.4 Å². The van der Waals surface area contributed by atoms with Crippen LogP contribution in [0.4, 0.5) is 0 Å². The zero-order chi connectivity index (χ0) is 19.1. The molecule has 0 aliphatic rings. The van der Waals surface area contributed by atoms with E-state index in [1.807, 2.05) is 0 Å². The van der Waals surface area contributed by atoms with Crippen molar-refractivity contribution in [2.75, 3.05) is 5.75 Å². The number of hydrogen-bond acceptors (Lipinski definition) is 6. The van der Waals surface area contributed by atoms with Crippen molar-refractivity contribution in [3.05, 3.63) is 35.7 Å². The molecule has 0 radical (unpaired) electrons. The van der Waals surface area contributed by atoms with Gasteiger partial charge < -0.3 is 10.4 Å². The average Bonchev–Trinajstić information content (AvgIpc) is 2.91. The number of aryl methyl sites for hydroxylation is 1. The number of carbonyl (C=O) groups excluding carboxylic acids is 3. The molecule has 2 atom stereocenters. The fraction of sp³-hybridized carbons (Fsp3) is 0.400. The lowest BCUT2D eigenvalue weighted by molar-refractivity contribution is -0.124. The summed E-state index contributed by atoms with van der Waals surface area (Å²) in [5, 5.41) is 12.9. The standard InChI is InChI=1S/C15H22N5O3PS/c1-8(14(22)16-12(7-25)11(4)21)5-13-10(3)17-19-20(13)6-9(2)15(23)18-24/h12,25H,1-2,5-7,24H2,3-4H3,(H,16,22)(H,18,23). The summed E-state index contributed by atoms with van der Waals surface area (Å²) in [5.74, 6) is -0.753. The Balaban J connectivity index is 2.85. The minimum Gasteiger partial charge on any atom is -0.342 e. The molecule has 10 heteroatoms. The van der Waals surface area contributed by atoms with Gasteiger partial charge in [-0.25, -0.2) is 4.68 Å². The first-order chi connectivity index (χ1) is 11.7. The molecule has 136 valence electrons. The average molecular weight is 383 g/mol. The SMILES string of the molecule is C=C(Cn1nnc(C)c1CC(=C)C(=O)NC(CS)C(C)=O)C(=O)NP. The lowest BCUT2D eigenvalue weighted by Crippen LogP contribution is -2.42. The van der Waals surface area contributed by atoms with Gasteiger partial charge in [-0.3, -0.25) is 14.4 Å². The van der Waals surface area contributed by atoms with E-state index in [-0.39, 0.29) is 36.0 Å². The number of thiol groups is 1. The van der Waals surface area contributed by atoms with E-state index < -0.39 is 11.9 Å². The Labute approximate surface area is 154 Å². The summed E-state index contributed by atoms with van der Waals surface area (Å²) in [6, 6.07) is -0.665. The third kappa shape index (κ3) is 5.79. The highest BCUT2D eigenvalue weighted by molar-refractivity contribution is 7.80. The molecule has 0 saturated carbocycles. The molecular formula is C15H22N5O3PS. The molecule has 2 amide bonds. The maximum Gasteiger partial charge on any atom is 0.251 e. The maximum absolute atomic E-state index is 12.2. The summed E-state index contributed by atoms with van der Waals surface area (Å²) in [6.07, 6.45) is 0.178. The third-order valence-electron chi connectivity index (χ3n) is 3.51. The second-order valence-corrected chi connectivity index (χ2v) is 6.11. The van der Waals surface area contributed by atoms with Crippen molar-refractivity contribution in [1.82, 2.24) is 25.4 Å². The van der Waals surface area contributed by atoms with Crippen LogP contribution in [0.25, 0.3) is 0 Å². The first-order valence-electron chi connectivity index (χ1n) is 7.38. The normalized spacial score (nSPS) is 11.5. The molecule has 1 aromatic heterocycles. The Morgan fingerprint density at radius 2 is 1.92 bits per heavy atom. The maximum atomic E-state index is 12.2. The highest BCUT2D eigenvalue weighted by Crippen LogP contribution is 2.12. The minimum absolute atomic E-state index is 0.137. The molecule has 25 heavy (non-hydrogen) atoms. The van der Waals surface area contributed by atoms with Gasteiger partial charge in [0.15, 0.2) is 5.78 Å². The van der Waals surface area contributed by atoms with Crippen LogP contribution in [0, 0.1) is 6.92 Å². The Kier molecular flexibility index (Phi) is 7.99.